The van der Waals surface area contributed by atoms with E-state index in [1.807, 2.05) is 35.8 Å². The number of oxazole rings is 1. The molecule has 5 rings (SSSR count). The summed E-state index contributed by atoms with van der Waals surface area (Å²) in [4.78, 5) is 6.17. The molecule has 0 fully saturated rings. The molecule has 6 heteroatoms. The van der Waals surface area contributed by atoms with E-state index in [1.54, 1.807) is 11.2 Å². The maximum absolute atomic E-state index is 5.34. The van der Waals surface area contributed by atoms with E-state index in [2.05, 4.69) is 34.4 Å². The summed E-state index contributed by atoms with van der Waals surface area (Å²) in [6, 6.07) is 18.0. The van der Waals surface area contributed by atoms with E-state index in [0.29, 0.717) is 6.01 Å². The van der Waals surface area contributed by atoms with Crippen molar-refractivity contribution in [3.63, 3.8) is 0 Å². The number of aromatic nitrogens is 1. The van der Waals surface area contributed by atoms with Crippen molar-refractivity contribution in [2.45, 2.75) is 0 Å². The van der Waals surface area contributed by atoms with Crippen LogP contribution in [-0.2, 0) is 20.1 Å². The Bertz CT molecular complexity index is 891. The van der Waals surface area contributed by atoms with Crippen molar-refractivity contribution in [3.8, 4) is 11.1 Å². The third-order valence-corrected chi connectivity index (χ3v) is 3.80. The van der Waals surface area contributed by atoms with Crippen molar-refractivity contribution in [3.05, 3.63) is 73.2 Å². The van der Waals surface area contributed by atoms with Crippen LogP contribution in [0, 0.1) is 12.7 Å². The van der Waals surface area contributed by atoms with Crippen LogP contribution in [0.3, 0.4) is 0 Å². The molecule has 2 aliphatic rings. The number of hydrogen-bond donors (Lipinski definition) is 0. The number of amidine groups is 1. The maximum Gasteiger partial charge on any atom is 0.288 e. The van der Waals surface area contributed by atoms with Crippen LogP contribution in [-0.4, -0.2) is 10.8 Å². The fourth-order valence-electron chi connectivity index (χ4n) is 2.87. The molecule has 1 radical (unpaired) electrons. The normalized spacial score (nSPS) is 14.5. The Balaban J connectivity index is 0.00000135. The van der Waals surface area contributed by atoms with Crippen LogP contribution >= 0.6 is 0 Å². The van der Waals surface area contributed by atoms with Gasteiger partial charge in [-0.3, -0.25) is 0 Å². The number of hydrogen-bond acceptors (Lipinski definition) is 5. The molecule has 3 heterocycles. The molecule has 2 aliphatic heterocycles. The zero-order valence-corrected chi connectivity index (χ0v) is 14.2. The van der Waals surface area contributed by atoms with Gasteiger partial charge in [0.2, 0.25) is 0 Å². The van der Waals surface area contributed by atoms with Gasteiger partial charge in [-0.25, -0.2) is 4.98 Å². The molecule has 0 atom stereocenters. The van der Waals surface area contributed by atoms with Gasteiger partial charge in [-0.1, -0.05) is 35.5 Å². The van der Waals surface area contributed by atoms with Crippen LogP contribution in [0.5, 0.6) is 0 Å². The van der Waals surface area contributed by atoms with Gasteiger partial charge in [-0.2, -0.15) is 29.4 Å². The van der Waals surface area contributed by atoms with Crippen molar-refractivity contribution in [2.24, 2.45) is 5.10 Å². The Morgan fingerprint density at radius 3 is 2.70 bits per heavy atom. The Labute approximate surface area is 146 Å². The fourth-order valence-corrected chi connectivity index (χ4v) is 2.87. The molecule has 0 saturated heterocycles. The van der Waals surface area contributed by atoms with Crippen molar-refractivity contribution in [2.75, 3.05) is 9.91 Å². The largest absolute Gasteiger partial charge is 0.476 e. The van der Waals surface area contributed by atoms with Crippen LogP contribution in [0.2, 0.25) is 0 Å². The first-order valence-electron chi connectivity index (χ1n) is 6.94. The summed E-state index contributed by atoms with van der Waals surface area (Å²) in [5.41, 5.74) is 4.36. The topological polar surface area (TPSA) is 44.9 Å². The zero-order valence-electron chi connectivity index (χ0n) is 11.8. The molecule has 0 amide bonds. The van der Waals surface area contributed by atoms with Gasteiger partial charge in [-0.05, 0) is 0 Å². The molecule has 3 aromatic rings. The summed E-state index contributed by atoms with van der Waals surface area (Å²) in [5, 5.41) is 6.28. The summed E-state index contributed by atoms with van der Waals surface area (Å²) in [6.07, 6.45) is 3.14. The summed E-state index contributed by atoms with van der Waals surface area (Å²) in [7, 11) is 0. The molecule has 2 aromatic carbocycles. The van der Waals surface area contributed by atoms with Gasteiger partial charge in [-0.15, -0.1) is 12.2 Å². The van der Waals surface area contributed by atoms with E-state index in [1.165, 1.54) is 6.26 Å². The van der Waals surface area contributed by atoms with E-state index in [4.69, 9.17) is 4.42 Å². The predicted molar refractivity (Wildman–Crippen MR) is 83.0 cm³/mol. The molecule has 23 heavy (non-hydrogen) atoms. The number of rotatable bonds is 1. The van der Waals surface area contributed by atoms with Gasteiger partial charge in [0.1, 0.15) is 12.1 Å². The Morgan fingerprint density at radius 2 is 1.87 bits per heavy atom. The number of nitrogens with zero attached hydrogens (tertiary/aromatic N) is 4. The third kappa shape index (κ3) is 2.03. The molecule has 5 nitrogen and oxygen atoms in total. The van der Waals surface area contributed by atoms with Gasteiger partial charge in [0.05, 0.1) is 6.20 Å². The van der Waals surface area contributed by atoms with E-state index in [-0.39, 0.29) is 20.1 Å². The van der Waals surface area contributed by atoms with Gasteiger partial charge in [0.15, 0.2) is 0 Å². The summed E-state index contributed by atoms with van der Waals surface area (Å²) in [6.45, 7) is 1.87. The number of benzene rings is 2. The number of anilines is 2. The van der Waals surface area contributed by atoms with Crippen molar-refractivity contribution in [1.82, 2.24) is 4.98 Å². The van der Waals surface area contributed by atoms with Gasteiger partial charge >= 0.3 is 0 Å². The van der Waals surface area contributed by atoms with E-state index in [0.717, 1.165) is 28.2 Å². The van der Waals surface area contributed by atoms with Gasteiger partial charge in [0, 0.05) is 25.7 Å². The number of para-hydroxylation sites is 1. The molecular weight excluding hydrogens is 468 g/mol. The van der Waals surface area contributed by atoms with Crippen LogP contribution in [0.15, 0.2) is 64.4 Å². The van der Waals surface area contributed by atoms with Crippen LogP contribution in [0.1, 0.15) is 5.56 Å². The zero-order chi connectivity index (χ0) is 14.5. The fraction of sp³-hybridized carbons (Fsp3) is 0. The van der Waals surface area contributed by atoms with Crippen LogP contribution in [0.4, 0.5) is 11.7 Å². The molecule has 1 aromatic heterocycles. The molecule has 0 saturated carbocycles. The minimum absolute atomic E-state index is 0. The molecule has 115 valence electrons. The number of fused-ring (bicyclic) bond motifs is 6. The van der Waals surface area contributed by atoms with Gasteiger partial charge in [0.25, 0.3) is 6.01 Å². The Hall–Kier alpha value is -2.43. The minimum Gasteiger partial charge on any atom is -0.476 e. The number of hydrazone groups is 1. The standard InChI is InChI=1S/C17H10N4O.Ir/c1-2-7-14-12(5-1)13-6-3-4-8-15(13)20-11-21(19-16(14)20)17-18-9-10-22-17;/h1-7,9-11H;/q-2;. The minimum atomic E-state index is 0. The molecule has 0 aliphatic carbocycles. The Kier molecular flexibility index (Phi) is 3.29. The molecule has 0 N–H and O–H groups in total. The average molecular weight is 479 g/mol. The predicted octanol–water partition coefficient (Wildman–Crippen LogP) is 3.26. The molecular formula is C17H10IrN4O-2. The van der Waals surface area contributed by atoms with Crippen molar-refractivity contribution in [1.29, 1.82) is 0 Å². The third-order valence-electron chi connectivity index (χ3n) is 3.80. The summed E-state index contributed by atoms with van der Waals surface area (Å²) in [5.74, 6) is 0.851. The summed E-state index contributed by atoms with van der Waals surface area (Å²) < 4.78 is 5.34. The first kappa shape index (κ1) is 14.2. The Morgan fingerprint density at radius 1 is 1.04 bits per heavy atom. The second-order valence-electron chi connectivity index (χ2n) is 5.05. The molecule has 0 bridgehead atoms. The smallest absolute Gasteiger partial charge is 0.288 e. The van der Waals surface area contributed by atoms with E-state index in [9.17, 15) is 0 Å². The van der Waals surface area contributed by atoms with E-state index >= 15 is 0 Å². The summed E-state index contributed by atoms with van der Waals surface area (Å²) >= 11 is 0. The second-order valence-corrected chi connectivity index (χ2v) is 5.05. The first-order chi connectivity index (χ1) is 10.9. The molecule has 0 unspecified atom stereocenters. The van der Waals surface area contributed by atoms with E-state index < -0.39 is 0 Å². The maximum atomic E-state index is 5.34. The molecule has 0 spiro atoms. The first-order valence-corrected chi connectivity index (χ1v) is 6.94. The SMILES string of the molecule is [Ir].[c-]1cccc2c1N1[CH-]N(c3ncco3)N=C1c1ccccc1-2. The van der Waals surface area contributed by atoms with Crippen molar-refractivity contribution >= 4 is 17.5 Å². The second kappa shape index (κ2) is 5.33. The van der Waals surface area contributed by atoms with Gasteiger partial charge < -0.3 is 14.3 Å². The monoisotopic (exact) mass is 479 g/mol. The van der Waals surface area contributed by atoms with Crippen LogP contribution < -0.4 is 9.91 Å². The quantitative estimate of drug-likeness (QED) is 0.504. The van der Waals surface area contributed by atoms with Crippen LogP contribution in [0.25, 0.3) is 11.1 Å². The average Bonchev–Trinajstić information content (AvgIpc) is 3.24. The van der Waals surface area contributed by atoms with Crippen molar-refractivity contribution < 1.29 is 24.5 Å².